The second-order valence-corrected chi connectivity index (χ2v) is 5.90. The Morgan fingerprint density at radius 3 is 2.69 bits per heavy atom. The zero-order chi connectivity index (χ0) is 18.7. The first-order valence-corrected chi connectivity index (χ1v) is 7.88. The Hall–Kier alpha value is -3.64. The van der Waals surface area contributed by atoms with Crippen molar-refractivity contribution < 1.29 is 4.79 Å². The van der Waals surface area contributed by atoms with E-state index in [2.05, 4.69) is 20.0 Å². The van der Waals surface area contributed by atoms with Crippen LogP contribution in [0.4, 0.5) is 5.69 Å². The van der Waals surface area contributed by atoms with Crippen molar-refractivity contribution in [2.75, 3.05) is 11.9 Å². The molecule has 0 radical (unpaired) electrons. The van der Waals surface area contributed by atoms with Gasteiger partial charge < -0.3 is 9.88 Å². The number of aryl methyl sites for hydroxylation is 1. The summed E-state index contributed by atoms with van der Waals surface area (Å²) in [5.41, 5.74) is 11.0. The summed E-state index contributed by atoms with van der Waals surface area (Å²) in [6.07, 6.45) is 0. The summed E-state index contributed by atoms with van der Waals surface area (Å²) in [5.74, 6) is -0.0269. The standard InChI is InChI=1S/C18H16N6O2/c1-11-20-16-8-3-12(9-15(16)18(26)21-11)10-24(2)14-6-4-13(5-7-14)17(25)22-23-19/h3-9H,10H2,1-2H3,(H,20,21,26). The zero-order valence-electron chi connectivity index (χ0n) is 14.3. The van der Waals surface area contributed by atoms with E-state index in [4.69, 9.17) is 5.53 Å². The number of H-pyrrole nitrogens is 1. The van der Waals surface area contributed by atoms with Crippen LogP contribution in [0.3, 0.4) is 0 Å². The summed E-state index contributed by atoms with van der Waals surface area (Å²) < 4.78 is 0. The number of hydrogen-bond donors (Lipinski definition) is 1. The van der Waals surface area contributed by atoms with Crippen molar-refractivity contribution in [3.8, 4) is 0 Å². The van der Waals surface area contributed by atoms with Gasteiger partial charge in [-0.15, -0.1) is 0 Å². The molecule has 130 valence electrons. The molecule has 1 amide bonds. The molecule has 2 aromatic carbocycles. The first-order valence-electron chi connectivity index (χ1n) is 7.88. The van der Waals surface area contributed by atoms with Gasteiger partial charge in [0.15, 0.2) is 0 Å². The molecule has 1 aromatic heterocycles. The second-order valence-electron chi connectivity index (χ2n) is 5.90. The van der Waals surface area contributed by atoms with E-state index < -0.39 is 5.91 Å². The van der Waals surface area contributed by atoms with Crippen LogP contribution in [0.15, 0.2) is 52.4 Å². The number of hydrogen-bond acceptors (Lipinski definition) is 4. The van der Waals surface area contributed by atoms with Gasteiger partial charge in [0.1, 0.15) is 5.82 Å². The number of benzene rings is 2. The van der Waals surface area contributed by atoms with Crippen LogP contribution < -0.4 is 10.5 Å². The smallest absolute Gasteiger partial charge is 0.258 e. The molecule has 0 aliphatic rings. The highest BCUT2D eigenvalue weighted by atomic mass is 16.1. The molecule has 0 bridgehead atoms. The van der Waals surface area contributed by atoms with Crippen LogP contribution >= 0.6 is 0 Å². The lowest BCUT2D eigenvalue weighted by Crippen LogP contribution is -2.17. The van der Waals surface area contributed by atoms with E-state index >= 15 is 0 Å². The lowest BCUT2D eigenvalue weighted by molar-refractivity contribution is 0.100. The van der Waals surface area contributed by atoms with Crippen molar-refractivity contribution in [2.24, 2.45) is 5.11 Å². The van der Waals surface area contributed by atoms with Crippen molar-refractivity contribution in [3.05, 3.63) is 80.2 Å². The summed E-state index contributed by atoms with van der Waals surface area (Å²) in [4.78, 5) is 35.1. The lowest BCUT2D eigenvalue weighted by Gasteiger charge is -2.19. The minimum absolute atomic E-state index is 0.155. The van der Waals surface area contributed by atoms with Crippen molar-refractivity contribution >= 4 is 22.5 Å². The van der Waals surface area contributed by atoms with Gasteiger partial charge in [0, 0.05) is 29.8 Å². The van der Waals surface area contributed by atoms with Crippen LogP contribution in [0.2, 0.25) is 0 Å². The predicted molar refractivity (Wildman–Crippen MR) is 99.1 cm³/mol. The van der Waals surface area contributed by atoms with Gasteiger partial charge in [0.05, 0.1) is 10.9 Å². The van der Waals surface area contributed by atoms with Crippen LogP contribution in [0.5, 0.6) is 0 Å². The van der Waals surface area contributed by atoms with Gasteiger partial charge in [-0.05, 0) is 59.5 Å². The number of carbonyl (C=O) groups excluding carboxylic acids is 1. The van der Waals surface area contributed by atoms with Gasteiger partial charge in [-0.2, -0.15) is 0 Å². The fraction of sp³-hybridized carbons (Fsp3) is 0.167. The molecule has 3 aromatic rings. The van der Waals surface area contributed by atoms with Gasteiger partial charge >= 0.3 is 0 Å². The Kier molecular flexibility index (Phi) is 4.68. The normalized spacial score (nSPS) is 10.4. The number of nitrogens with one attached hydrogen (secondary N) is 1. The summed E-state index contributed by atoms with van der Waals surface area (Å²) >= 11 is 0. The summed E-state index contributed by atoms with van der Waals surface area (Å²) in [6, 6.07) is 12.4. The first-order chi connectivity index (χ1) is 12.5. The molecule has 0 aliphatic carbocycles. The number of fused-ring (bicyclic) bond motifs is 1. The molecular formula is C18H16N6O2. The van der Waals surface area contributed by atoms with Crippen LogP contribution in [0.1, 0.15) is 21.7 Å². The van der Waals surface area contributed by atoms with E-state index in [0.717, 1.165) is 11.3 Å². The topological polar surface area (TPSA) is 115 Å². The number of nitrogens with zero attached hydrogens (tertiary/aromatic N) is 5. The van der Waals surface area contributed by atoms with Crippen molar-refractivity contribution in [1.29, 1.82) is 0 Å². The molecule has 0 aliphatic heterocycles. The van der Waals surface area contributed by atoms with Gasteiger partial charge in [0.2, 0.25) is 5.91 Å². The Morgan fingerprint density at radius 1 is 1.27 bits per heavy atom. The van der Waals surface area contributed by atoms with Crippen LogP contribution in [0, 0.1) is 6.92 Å². The monoisotopic (exact) mass is 348 g/mol. The van der Waals surface area contributed by atoms with Crippen LogP contribution in [0.25, 0.3) is 21.3 Å². The molecule has 1 heterocycles. The average molecular weight is 348 g/mol. The minimum atomic E-state index is -0.613. The molecule has 0 fully saturated rings. The molecule has 3 rings (SSSR count). The van der Waals surface area contributed by atoms with E-state index in [0.29, 0.717) is 28.8 Å². The number of azide groups is 1. The van der Waals surface area contributed by atoms with Crippen molar-refractivity contribution in [3.63, 3.8) is 0 Å². The van der Waals surface area contributed by atoms with E-state index in [1.165, 1.54) is 0 Å². The van der Waals surface area contributed by atoms with E-state index in [1.807, 2.05) is 30.1 Å². The average Bonchev–Trinajstić information content (AvgIpc) is 2.62. The molecule has 1 N–H and O–H groups in total. The second kappa shape index (κ2) is 7.08. The molecule has 0 spiro atoms. The van der Waals surface area contributed by atoms with Crippen molar-refractivity contribution in [2.45, 2.75) is 13.5 Å². The maximum atomic E-state index is 12.1. The summed E-state index contributed by atoms with van der Waals surface area (Å²) in [5, 5.41) is 3.62. The highest BCUT2D eigenvalue weighted by Gasteiger charge is 2.08. The number of rotatable bonds is 4. The predicted octanol–water partition coefficient (Wildman–Crippen LogP) is 3.32. The molecule has 0 unspecified atom stereocenters. The Labute approximate surface area is 148 Å². The Morgan fingerprint density at radius 2 is 2.00 bits per heavy atom. The van der Waals surface area contributed by atoms with Crippen LogP contribution in [-0.4, -0.2) is 22.9 Å². The number of aromatic nitrogens is 2. The third-order valence-corrected chi connectivity index (χ3v) is 4.00. The molecule has 0 saturated heterocycles. The Balaban J connectivity index is 1.82. The molecule has 0 saturated carbocycles. The number of amides is 1. The van der Waals surface area contributed by atoms with Gasteiger partial charge in [-0.25, -0.2) is 4.98 Å². The van der Waals surface area contributed by atoms with E-state index in [1.54, 1.807) is 31.2 Å². The van der Waals surface area contributed by atoms with Gasteiger partial charge in [-0.1, -0.05) is 6.07 Å². The lowest BCUT2D eigenvalue weighted by atomic mass is 10.1. The van der Waals surface area contributed by atoms with Crippen LogP contribution in [-0.2, 0) is 6.54 Å². The molecule has 26 heavy (non-hydrogen) atoms. The number of carbonyl (C=O) groups is 1. The third-order valence-electron chi connectivity index (χ3n) is 4.00. The zero-order valence-corrected chi connectivity index (χ0v) is 14.3. The fourth-order valence-electron chi connectivity index (χ4n) is 2.72. The molecule has 8 nitrogen and oxygen atoms in total. The minimum Gasteiger partial charge on any atom is -0.370 e. The van der Waals surface area contributed by atoms with Gasteiger partial charge in [0.25, 0.3) is 5.56 Å². The largest absolute Gasteiger partial charge is 0.370 e. The highest BCUT2D eigenvalue weighted by Crippen LogP contribution is 2.18. The van der Waals surface area contributed by atoms with E-state index in [-0.39, 0.29) is 5.56 Å². The Bertz CT molecular complexity index is 1080. The summed E-state index contributed by atoms with van der Waals surface area (Å²) in [6.45, 7) is 2.33. The number of aromatic amines is 1. The maximum absolute atomic E-state index is 12.1. The third kappa shape index (κ3) is 3.55. The molecule has 8 heteroatoms. The molecule has 0 atom stereocenters. The van der Waals surface area contributed by atoms with E-state index in [9.17, 15) is 9.59 Å². The summed E-state index contributed by atoms with van der Waals surface area (Å²) in [7, 11) is 1.91. The van der Waals surface area contributed by atoms with Crippen molar-refractivity contribution in [1.82, 2.24) is 9.97 Å². The quantitative estimate of drug-likeness (QED) is 0.442. The SMILES string of the molecule is Cc1nc2ccc(CN(C)c3ccc(C(=O)N=[N+]=[N-])cc3)cc2c(=O)[nH]1. The first kappa shape index (κ1) is 17.2. The van der Waals surface area contributed by atoms with Gasteiger partial charge in [-0.3, -0.25) is 9.59 Å². The highest BCUT2D eigenvalue weighted by molar-refractivity contribution is 5.95. The molecular weight excluding hydrogens is 332 g/mol. The maximum Gasteiger partial charge on any atom is 0.258 e. The number of anilines is 1. The fourth-order valence-corrected chi connectivity index (χ4v) is 2.72.